The zero-order chi connectivity index (χ0) is 17.2. The van der Waals surface area contributed by atoms with Crippen LogP contribution in [0.25, 0.3) is 0 Å². The van der Waals surface area contributed by atoms with Gasteiger partial charge in [0.25, 0.3) is 0 Å². The Morgan fingerprint density at radius 1 is 0.773 bits per heavy atom. The number of hydrogen-bond acceptors (Lipinski definition) is 5. The first-order chi connectivity index (χ1) is 10.5. The fraction of sp³-hybridized carbons (Fsp3) is 0.0625. The zero-order valence-electron chi connectivity index (χ0n) is 11.8. The second kappa shape index (κ2) is 15.7. The lowest BCUT2D eigenvalue weighted by atomic mass is 10.2. The van der Waals surface area contributed by atoms with E-state index in [-0.39, 0.29) is 12.3 Å². The average molecular weight is 302 g/mol. The van der Waals surface area contributed by atoms with E-state index in [1.54, 1.807) is 30.3 Å². The number of carboxylic acids is 1. The molecule has 0 amide bonds. The molecule has 0 aromatic heterocycles. The van der Waals surface area contributed by atoms with E-state index in [1.165, 1.54) is 5.56 Å². The molecule has 114 valence electrons. The Bertz CT molecular complexity index is 569. The van der Waals surface area contributed by atoms with E-state index in [0.717, 1.165) is 0 Å². The van der Waals surface area contributed by atoms with Gasteiger partial charge in [-0.1, -0.05) is 54.1 Å². The molecule has 0 heterocycles. The molecule has 0 aliphatic rings. The molecular weight excluding hydrogens is 288 g/mol. The monoisotopic (exact) mass is 302 g/mol. The van der Waals surface area contributed by atoms with Crippen LogP contribution in [0.5, 0.6) is 0 Å². The van der Waals surface area contributed by atoms with Gasteiger partial charge in [0.15, 0.2) is 0 Å². The van der Waals surface area contributed by atoms with Crippen molar-refractivity contribution < 1.29 is 29.1 Å². The maximum Gasteiger partial charge on any atom is 0.373 e. The van der Waals surface area contributed by atoms with Crippen LogP contribution in [0.4, 0.5) is 0 Å². The lowest BCUT2D eigenvalue weighted by Gasteiger charge is -1.88. The maximum absolute atomic E-state index is 10.2. The van der Waals surface area contributed by atoms with E-state index in [4.69, 9.17) is 24.3 Å². The van der Waals surface area contributed by atoms with Crippen molar-refractivity contribution in [3.8, 4) is 0 Å². The highest BCUT2D eigenvalue weighted by Gasteiger charge is 1.96. The molecule has 0 fully saturated rings. The molecule has 2 aromatic rings. The summed E-state index contributed by atoms with van der Waals surface area (Å²) < 4.78 is 0. The van der Waals surface area contributed by atoms with E-state index in [1.807, 2.05) is 18.2 Å². The molecule has 0 radical (unpaired) electrons. The predicted octanol–water partition coefficient (Wildman–Crippen LogP) is 2.21. The van der Waals surface area contributed by atoms with Crippen LogP contribution >= 0.6 is 0 Å². The molecule has 0 unspecified atom stereocenters. The van der Waals surface area contributed by atoms with Crippen molar-refractivity contribution in [2.75, 3.05) is 0 Å². The van der Waals surface area contributed by atoms with Gasteiger partial charge in [0.05, 0.1) is 5.56 Å². The summed E-state index contributed by atoms with van der Waals surface area (Å²) in [6, 6.07) is 18.6. The molecule has 2 aromatic carbocycles. The van der Waals surface area contributed by atoms with Gasteiger partial charge in [-0.25, -0.2) is 4.79 Å². The minimum atomic E-state index is -0.879. The Morgan fingerprint density at radius 3 is 1.27 bits per heavy atom. The van der Waals surface area contributed by atoms with Crippen LogP contribution in [-0.4, -0.2) is 23.4 Å². The average Bonchev–Trinajstić information content (AvgIpc) is 2.51. The molecule has 22 heavy (non-hydrogen) atoms. The minimum absolute atomic E-state index is 0.250. The summed E-state index contributed by atoms with van der Waals surface area (Å²) in [7, 11) is 0. The van der Waals surface area contributed by atoms with Crippen LogP contribution in [-0.2, 0) is 19.2 Å². The SMILES string of the molecule is Cc1ccccc1.O=C(O)c1ccccc1.O=C=O.O=C=O. The topological polar surface area (TPSA) is 106 Å². The van der Waals surface area contributed by atoms with Crippen molar-refractivity contribution in [3.05, 3.63) is 71.8 Å². The minimum Gasteiger partial charge on any atom is -0.478 e. The number of hydrogen-bond donors (Lipinski definition) is 1. The summed E-state index contributed by atoms with van der Waals surface area (Å²) in [5, 5.41) is 8.38. The molecular formula is C16H14O6. The summed E-state index contributed by atoms with van der Waals surface area (Å²) in [6.07, 6.45) is 0.500. The van der Waals surface area contributed by atoms with Crippen LogP contribution in [0.15, 0.2) is 60.7 Å². The third kappa shape index (κ3) is 14.7. The quantitative estimate of drug-likeness (QED) is 0.865. The number of carboxylic acid groups (broad SMARTS) is 1. The van der Waals surface area contributed by atoms with Crippen molar-refractivity contribution in [3.63, 3.8) is 0 Å². The first-order valence-electron chi connectivity index (χ1n) is 5.82. The summed E-state index contributed by atoms with van der Waals surface area (Å²) >= 11 is 0. The van der Waals surface area contributed by atoms with Gasteiger partial charge in [-0.3, -0.25) is 0 Å². The number of carbonyl (C=O) groups is 1. The van der Waals surface area contributed by atoms with E-state index in [2.05, 4.69) is 19.1 Å². The molecule has 0 bridgehead atoms. The molecule has 0 aliphatic carbocycles. The first-order valence-corrected chi connectivity index (χ1v) is 5.82. The second-order valence-electron chi connectivity index (χ2n) is 3.49. The number of aryl methyl sites for hydroxylation is 1. The van der Waals surface area contributed by atoms with Gasteiger partial charge < -0.3 is 5.11 Å². The normalized spacial score (nSPS) is 7.14. The van der Waals surface area contributed by atoms with Crippen LogP contribution in [0.3, 0.4) is 0 Å². The Labute approximate surface area is 127 Å². The highest BCUT2D eigenvalue weighted by Crippen LogP contribution is 1.96. The molecule has 0 saturated carbocycles. The van der Waals surface area contributed by atoms with Crippen molar-refractivity contribution in [2.24, 2.45) is 0 Å². The fourth-order valence-electron chi connectivity index (χ4n) is 1.12. The number of benzene rings is 2. The van der Waals surface area contributed by atoms with Gasteiger partial charge in [0, 0.05) is 0 Å². The summed E-state index contributed by atoms with van der Waals surface area (Å²) in [4.78, 5) is 42.7. The third-order valence-electron chi connectivity index (χ3n) is 1.96. The Hall–Kier alpha value is -3.33. The fourth-order valence-corrected chi connectivity index (χ4v) is 1.12. The third-order valence-corrected chi connectivity index (χ3v) is 1.96. The Morgan fingerprint density at radius 2 is 1.09 bits per heavy atom. The highest BCUT2D eigenvalue weighted by atomic mass is 16.4. The van der Waals surface area contributed by atoms with E-state index in [9.17, 15) is 4.79 Å². The number of aromatic carboxylic acids is 1. The van der Waals surface area contributed by atoms with E-state index >= 15 is 0 Å². The lowest BCUT2D eigenvalue weighted by molar-refractivity contribution is -0.193. The van der Waals surface area contributed by atoms with Gasteiger partial charge >= 0.3 is 18.3 Å². The Kier molecular flexibility index (Phi) is 15.0. The smallest absolute Gasteiger partial charge is 0.373 e. The Balaban J connectivity index is 0. The van der Waals surface area contributed by atoms with Crippen LogP contribution in [0.2, 0.25) is 0 Å². The van der Waals surface area contributed by atoms with Crippen LogP contribution < -0.4 is 0 Å². The van der Waals surface area contributed by atoms with Crippen molar-refractivity contribution in [1.82, 2.24) is 0 Å². The van der Waals surface area contributed by atoms with Gasteiger partial charge in [0.2, 0.25) is 0 Å². The number of rotatable bonds is 1. The first kappa shape index (κ1) is 21.0. The molecule has 2 rings (SSSR count). The number of carbonyl (C=O) groups excluding carboxylic acids is 4. The van der Waals surface area contributed by atoms with Crippen molar-refractivity contribution in [2.45, 2.75) is 6.92 Å². The van der Waals surface area contributed by atoms with Crippen LogP contribution in [0.1, 0.15) is 15.9 Å². The van der Waals surface area contributed by atoms with Crippen LogP contribution in [0, 0.1) is 6.92 Å². The summed E-state index contributed by atoms with van der Waals surface area (Å²) in [5.74, 6) is -0.879. The zero-order valence-corrected chi connectivity index (χ0v) is 11.8. The largest absolute Gasteiger partial charge is 0.478 e. The van der Waals surface area contributed by atoms with Gasteiger partial charge in [-0.15, -0.1) is 0 Å². The lowest BCUT2D eigenvalue weighted by Crippen LogP contribution is -1.93. The second-order valence-corrected chi connectivity index (χ2v) is 3.49. The van der Waals surface area contributed by atoms with Gasteiger partial charge in [-0.05, 0) is 19.1 Å². The molecule has 0 saturated heterocycles. The van der Waals surface area contributed by atoms with Crippen molar-refractivity contribution >= 4 is 18.3 Å². The molecule has 0 aliphatic heterocycles. The maximum atomic E-state index is 10.2. The van der Waals surface area contributed by atoms with E-state index in [0.29, 0.717) is 5.56 Å². The standard InChI is InChI=1S/C7H6O2.C7H8.2CO2/c8-7(9)6-4-2-1-3-5-6;1-7-5-3-2-4-6-7;2*2-1-3/h1-5H,(H,8,9);2-6H,1H3;;. The van der Waals surface area contributed by atoms with Crippen molar-refractivity contribution in [1.29, 1.82) is 0 Å². The molecule has 0 spiro atoms. The molecule has 0 atom stereocenters. The molecule has 6 heteroatoms. The molecule has 6 nitrogen and oxygen atoms in total. The highest BCUT2D eigenvalue weighted by molar-refractivity contribution is 5.87. The summed E-state index contributed by atoms with van der Waals surface area (Å²) in [5.41, 5.74) is 1.65. The van der Waals surface area contributed by atoms with Gasteiger partial charge in [-0.2, -0.15) is 19.2 Å². The predicted molar refractivity (Wildman–Crippen MR) is 74.6 cm³/mol. The van der Waals surface area contributed by atoms with Gasteiger partial charge in [0.1, 0.15) is 0 Å². The summed E-state index contributed by atoms with van der Waals surface area (Å²) in [6.45, 7) is 2.08. The van der Waals surface area contributed by atoms with E-state index < -0.39 is 5.97 Å². The molecule has 1 N–H and O–H groups in total.